The van der Waals surface area contributed by atoms with Crippen molar-refractivity contribution < 1.29 is 14.4 Å². The zero-order valence-electron chi connectivity index (χ0n) is 13.7. The number of halogens is 1. The summed E-state index contributed by atoms with van der Waals surface area (Å²) < 4.78 is 15.1. The summed E-state index contributed by atoms with van der Waals surface area (Å²) in [5.41, 5.74) is 1.56. The van der Waals surface area contributed by atoms with Crippen LogP contribution in [0.1, 0.15) is 5.82 Å². The van der Waals surface area contributed by atoms with E-state index in [1.807, 2.05) is 5.38 Å². The Balaban J connectivity index is 1.60. The van der Waals surface area contributed by atoms with Crippen LogP contribution in [0.25, 0.3) is 11.3 Å². The van der Waals surface area contributed by atoms with Gasteiger partial charge in [-0.2, -0.15) is 0 Å². The average molecular weight is 394 g/mol. The summed E-state index contributed by atoms with van der Waals surface area (Å²) in [6.45, 7) is 1.74. The van der Waals surface area contributed by atoms with E-state index in [-0.39, 0.29) is 18.2 Å². The molecule has 10 heteroatoms. The Kier molecular flexibility index (Phi) is 5.64. The third-order valence-electron chi connectivity index (χ3n) is 3.64. The first-order chi connectivity index (χ1) is 12.4. The van der Waals surface area contributed by atoms with Gasteiger partial charge in [-0.1, -0.05) is 11.8 Å². The molecule has 1 aromatic carbocycles. The van der Waals surface area contributed by atoms with Gasteiger partial charge in [-0.3, -0.25) is 0 Å². The van der Waals surface area contributed by atoms with E-state index in [1.165, 1.54) is 46.0 Å². The molecule has 2 heterocycles. The fourth-order valence-corrected chi connectivity index (χ4v) is 4.11. The summed E-state index contributed by atoms with van der Waals surface area (Å²) >= 11 is 2.80. The minimum Gasteiger partial charge on any atom is -0.388 e. The van der Waals surface area contributed by atoms with Gasteiger partial charge in [-0.25, -0.2) is 18.9 Å². The Morgan fingerprint density at radius 2 is 2.15 bits per heavy atom. The molecule has 0 bridgehead atoms. The number of aliphatic hydroxyl groups excluding tert-OH is 1. The van der Waals surface area contributed by atoms with Gasteiger partial charge in [0, 0.05) is 23.6 Å². The number of aromatic nitrogens is 3. The van der Waals surface area contributed by atoms with Crippen LogP contribution < -0.4 is 0 Å². The summed E-state index contributed by atoms with van der Waals surface area (Å²) in [4.78, 5) is 18.8. The van der Waals surface area contributed by atoms with E-state index in [0.717, 1.165) is 15.6 Å². The highest BCUT2D eigenvalue weighted by molar-refractivity contribution is 8.01. The zero-order chi connectivity index (χ0) is 18.7. The standard InChI is InChI=1S/C16H15FN4O3S2/c1-10-18-6-15(21(23)24)20(10)7-13(22)8-25-16-19-14(9-26-16)11-2-4-12(17)5-3-11/h2-6,9,13,22H,7-8H2,1H3. The Bertz CT molecular complexity index is 911. The normalized spacial score (nSPS) is 12.3. The number of hydrogen-bond acceptors (Lipinski definition) is 7. The van der Waals surface area contributed by atoms with Crippen LogP contribution in [0.4, 0.5) is 10.2 Å². The van der Waals surface area contributed by atoms with Crippen molar-refractivity contribution in [1.29, 1.82) is 0 Å². The van der Waals surface area contributed by atoms with Crippen LogP contribution >= 0.6 is 23.1 Å². The van der Waals surface area contributed by atoms with Gasteiger partial charge in [0.25, 0.3) is 0 Å². The van der Waals surface area contributed by atoms with Crippen molar-refractivity contribution in [3.8, 4) is 11.3 Å². The highest BCUT2D eigenvalue weighted by atomic mass is 32.2. The molecule has 1 atom stereocenters. The number of aryl methyl sites for hydroxylation is 1. The van der Waals surface area contributed by atoms with Gasteiger partial charge in [-0.15, -0.1) is 11.3 Å². The zero-order valence-corrected chi connectivity index (χ0v) is 15.3. The topological polar surface area (TPSA) is 94.1 Å². The van der Waals surface area contributed by atoms with Gasteiger partial charge in [0.2, 0.25) is 0 Å². The van der Waals surface area contributed by atoms with E-state index >= 15 is 0 Å². The maximum absolute atomic E-state index is 13.0. The fourth-order valence-electron chi connectivity index (χ4n) is 2.34. The molecule has 0 saturated carbocycles. The lowest BCUT2D eigenvalue weighted by Gasteiger charge is -2.09. The van der Waals surface area contributed by atoms with E-state index in [4.69, 9.17) is 0 Å². The van der Waals surface area contributed by atoms with Gasteiger partial charge in [0.15, 0.2) is 10.2 Å². The third-order valence-corrected chi connectivity index (χ3v) is 5.80. The monoisotopic (exact) mass is 394 g/mol. The molecular formula is C16H15FN4O3S2. The molecule has 0 radical (unpaired) electrons. The van der Waals surface area contributed by atoms with Crippen molar-refractivity contribution in [1.82, 2.24) is 14.5 Å². The molecule has 0 aliphatic rings. The summed E-state index contributed by atoms with van der Waals surface area (Å²) in [7, 11) is 0. The summed E-state index contributed by atoms with van der Waals surface area (Å²) in [5.74, 6) is 0.379. The second kappa shape index (κ2) is 7.94. The second-order valence-corrected chi connectivity index (χ2v) is 7.63. The molecule has 0 spiro atoms. The van der Waals surface area contributed by atoms with E-state index in [1.54, 1.807) is 19.1 Å². The molecular weight excluding hydrogens is 379 g/mol. The molecule has 136 valence electrons. The quantitative estimate of drug-likeness (QED) is 0.374. The van der Waals surface area contributed by atoms with E-state index in [0.29, 0.717) is 11.6 Å². The fraction of sp³-hybridized carbons (Fsp3) is 0.250. The van der Waals surface area contributed by atoms with E-state index in [2.05, 4.69) is 9.97 Å². The van der Waals surface area contributed by atoms with Crippen LogP contribution in [0.15, 0.2) is 40.2 Å². The Morgan fingerprint density at radius 1 is 1.42 bits per heavy atom. The number of rotatable bonds is 7. The molecule has 0 fully saturated rings. The van der Waals surface area contributed by atoms with Crippen LogP contribution in [0.5, 0.6) is 0 Å². The van der Waals surface area contributed by atoms with Crippen LogP contribution in [0, 0.1) is 22.9 Å². The third kappa shape index (κ3) is 4.26. The number of imidazole rings is 1. The lowest BCUT2D eigenvalue weighted by molar-refractivity contribution is -0.392. The molecule has 26 heavy (non-hydrogen) atoms. The van der Waals surface area contributed by atoms with Crippen molar-refractivity contribution in [2.75, 3.05) is 5.75 Å². The number of thioether (sulfide) groups is 1. The van der Waals surface area contributed by atoms with E-state index in [9.17, 15) is 19.6 Å². The van der Waals surface area contributed by atoms with Crippen molar-refractivity contribution in [3.05, 3.63) is 57.6 Å². The highest BCUT2D eigenvalue weighted by Gasteiger charge is 2.21. The summed E-state index contributed by atoms with van der Waals surface area (Å²) in [6.07, 6.45) is 0.398. The predicted molar refractivity (Wildman–Crippen MR) is 97.9 cm³/mol. The lowest BCUT2D eigenvalue weighted by Crippen LogP contribution is -2.20. The first-order valence-corrected chi connectivity index (χ1v) is 9.49. The van der Waals surface area contributed by atoms with Crippen LogP contribution in [-0.2, 0) is 6.54 Å². The van der Waals surface area contributed by atoms with Crippen LogP contribution in [-0.4, -0.2) is 36.4 Å². The Labute approximate surface area is 156 Å². The second-order valence-electron chi connectivity index (χ2n) is 5.50. The van der Waals surface area contributed by atoms with Crippen molar-refractivity contribution in [2.45, 2.75) is 23.9 Å². The first-order valence-electron chi connectivity index (χ1n) is 7.63. The number of aliphatic hydroxyl groups is 1. The SMILES string of the molecule is Cc1ncc([N+](=O)[O-])n1CC(O)CSc1nc(-c2ccc(F)cc2)cs1. The van der Waals surface area contributed by atoms with Crippen molar-refractivity contribution in [2.24, 2.45) is 0 Å². The molecule has 0 saturated heterocycles. The highest BCUT2D eigenvalue weighted by Crippen LogP contribution is 2.29. The number of nitro groups is 1. The molecule has 0 amide bonds. The smallest absolute Gasteiger partial charge is 0.342 e. The largest absolute Gasteiger partial charge is 0.388 e. The van der Waals surface area contributed by atoms with Gasteiger partial charge < -0.3 is 15.2 Å². The molecule has 0 aliphatic carbocycles. The Hall–Kier alpha value is -2.30. The first kappa shape index (κ1) is 18.5. The molecule has 7 nitrogen and oxygen atoms in total. The molecule has 2 aromatic heterocycles. The van der Waals surface area contributed by atoms with E-state index < -0.39 is 11.0 Å². The molecule has 1 N–H and O–H groups in total. The Morgan fingerprint density at radius 3 is 2.85 bits per heavy atom. The number of thiazole rings is 1. The van der Waals surface area contributed by atoms with Crippen molar-refractivity contribution in [3.63, 3.8) is 0 Å². The maximum atomic E-state index is 13.0. The molecule has 3 rings (SSSR count). The van der Waals surface area contributed by atoms with Gasteiger partial charge in [0.1, 0.15) is 24.7 Å². The number of benzene rings is 1. The summed E-state index contributed by atoms with van der Waals surface area (Å²) in [5, 5.41) is 23.1. The predicted octanol–water partition coefficient (Wildman–Crippen LogP) is 3.52. The average Bonchev–Trinajstić information content (AvgIpc) is 3.21. The van der Waals surface area contributed by atoms with Gasteiger partial charge >= 0.3 is 5.82 Å². The molecule has 1 unspecified atom stereocenters. The minimum absolute atomic E-state index is 0.0886. The van der Waals surface area contributed by atoms with Crippen molar-refractivity contribution >= 4 is 28.9 Å². The number of hydrogen-bond donors (Lipinski definition) is 1. The van der Waals surface area contributed by atoms with Gasteiger partial charge in [-0.05, 0) is 29.2 Å². The van der Waals surface area contributed by atoms with Crippen LogP contribution in [0.3, 0.4) is 0 Å². The number of nitrogens with zero attached hydrogens (tertiary/aromatic N) is 4. The minimum atomic E-state index is -0.787. The lowest BCUT2D eigenvalue weighted by atomic mass is 10.2. The van der Waals surface area contributed by atoms with Gasteiger partial charge in [0.05, 0.1) is 5.69 Å². The molecule has 0 aliphatic heterocycles. The maximum Gasteiger partial charge on any atom is 0.342 e. The van der Waals surface area contributed by atoms with Crippen LogP contribution in [0.2, 0.25) is 0 Å². The molecule has 3 aromatic rings. The summed E-state index contributed by atoms with van der Waals surface area (Å²) in [6, 6.07) is 6.08.